The number of carbonyl (C=O) groups is 2. The van der Waals surface area contributed by atoms with E-state index in [1.807, 2.05) is 25.8 Å². The Morgan fingerprint density at radius 3 is 2.69 bits per heavy atom. The van der Waals surface area contributed by atoms with Gasteiger partial charge >= 0.3 is 0 Å². The molecule has 138 valence electrons. The fourth-order valence-electron chi connectivity index (χ4n) is 3.72. The van der Waals surface area contributed by atoms with E-state index in [0.717, 1.165) is 24.1 Å². The second-order valence-electron chi connectivity index (χ2n) is 7.18. The van der Waals surface area contributed by atoms with Gasteiger partial charge in [0.05, 0.1) is 30.9 Å². The summed E-state index contributed by atoms with van der Waals surface area (Å²) in [6, 6.07) is -0.00528. The first-order valence-corrected chi connectivity index (χ1v) is 8.94. The highest BCUT2D eigenvalue weighted by Crippen LogP contribution is 2.45. The van der Waals surface area contributed by atoms with Crippen LogP contribution in [-0.4, -0.2) is 37.5 Å². The van der Waals surface area contributed by atoms with Crippen molar-refractivity contribution >= 4 is 11.8 Å². The molecule has 0 aromatic carbocycles. The molecule has 0 unspecified atom stereocenters. The van der Waals surface area contributed by atoms with Crippen molar-refractivity contribution in [2.75, 3.05) is 0 Å². The zero-order valence-corrected chi connectivity index (χ0v) is 15.2. The maximum atomic E-state index is 12.9. The van der Waals surface area contributed by atoms with Gasteiger partial charge in [0.2, 0.25) is 17.7 Å². The van der Waals surface area contributed by atoms with Crippen LogP contribution in [0.25, 0.3) is 0 Å². The number of oxazole rings is 1. The smallest absolute Gasteiger partial charge is 0.226 e. The van der Waals surface area contributed by atoms with E-state index in [-0.39, 0.29) is 36.9 Å². The molecule has 1 saturated carbocycles. The predicted octanol–water partition coefficient (Wildman–Crippen LogP) is 1.39. The van der Waals surface area contributed by atoms with Crippen molar-refractivity contribution in [1.82, 2.24) is 25.0 Å². The minimum Gasteiger partial charge on any atom is -0.444 e. The summed E-state index contributed by atoms with van der Waals surface area (Å²) in [6.45, 7) is 4.00. The summed E-state index contributed by atoms with van der Waals surface area (Å²) >= 11 is 0. The van der Waals surface area contributed by atoms with Gasteiger partial charge in [-0.2, -0.15) is 5.10 Å². The van der Waals surface area contributed by atoms with Crippen molar-refractivity contribution in [3.63, 3.8) is 0 Å². The molecule has 2 fully saturated rings. The molecular formula is C18H23N5O3. The number of aromatic nitrogens is 3. The summed E-state index contributed by atoms with van der Waals surface area (Å²) in [5.41, 5.74) is 1.94. The number of aryl methyl sites for hydroxylation is 2. The molecule has 2 atom stereocenters. The highest BCUT2D eigenvalue weighted by Gasteiger charge is 2.50. The van der Waals surface area contributed by atoms with Crippen LogP contribution in [0, 0.1) is 19.8 Å². The van der Waals surface area contributed by atoms with E-state index in [0.29, 0.717) is 11.7 Å². The molecule has 26 heavy (non-hydrogen) atoms. The average Bonchev–Trinajstić information content (AvgIpc) is 3.15. The molecule has 2 aromatic heterocycles. The zero-order chi connectivity index (χ0) is 18.4. The van der Waals surface area contributed by atoms with Crippen LogP contribution in [0.5, 0.6) is 0 Å². The Balaban J connectivity index is 1.57. The van der Waals surface area contributed by atoms with E-state index in [1.54, 1.807) is 17.1 Å². The highest BCUT2D eigenvalue weighted by atomic mass is 16.4. The molecule has 4 rings (SSSR count). The summed E-state index contributed by atoms with van der Waals surface area (Å²) in [5.74, 6) is 0.642. The molecule has 0 radical (unpaired) electrons. The Bertz CT molecular complexity index is 851. The van der Waals surface area contributed by atoms with Crippen LogP contribution < -0.4 is 5.32 Å². The zero-order valence-electron chi connectivity index (χ0n) is 15.2. The third-order valence-electron chi connectivity index (χ3n) is 5.32. The van der Waals surface area contributed by atoms with Gasteiger partial charge in [0.15, 0.2) is 0 Å². The minimum absolute atomic E-state index is 0.0490. The largest absolute Gasteiger partial charge is 0.444 e. The summed E-state index contributed by atoms with van der Waals surface area (Å²) in [4.78, 5) is 31.5. The molecule has 2 aliphatic rings. The molecule has 8 heteroatoms. The molecule has 2 aromatic rings. The predicted molar refractivity (Wildman–Crippen MR) is 91.7 cm³/mol. The van der Waals surface area contributed by atoms with Gasteiger partial charge < -0.3 is 14.6 Å². The first kappa shape index (κ1) is 16.8. The number of rotatable bonds is 5. The number of likely N-dealkylation sites (tertiary alicyclic amines) is 1. The van der Waals surface area contributed by atoms with Gasteiger partial charge in [0.25, 0.3) is 0 Å². The average molecular weight is 357 g/mol. The maximum Gasteiger partial charge on any atom is 0.226 e. The van der Waals surface area contributed by atoms with Gasteiger partial charge in [-0.05, 0) is 26.7 Å². The molecule has 8 nitrogen and oxygen atoms in total. The van der Waals surface area contributed by atoms with E-state index in [1.165, 1.54) is 0 Å². The Morgan fingerprint density at radius 1 is 1.35 bits per heavy atom. The quantitative estimate of drug-likeness (QED) is 0.873. The van der Waals surface area contributed by atoms with Crippen LogP contribution in [0.1, 0.15) is 48.2 Å². The van der Waals surface area contributed by atoms with Crippen LogP contribution in [-0.2, 0) is 23.2 Å². The molecule has 3 heterocycles. The van der Waals surface area contributed by atoms with Gasteiger partial charge in [-0.15, -0.1) is 0 Å². The summed E-state index contributed by atoms with van der Waals surface area (Å²) in [7, 11) is 1.87. The SMILES string of the molecule is Cc1cnc(CNC(=O)[C@H]2CC(=O)N(C3CC3)[C@@H]2c2cnn(C)c2C)o1. The van der Waals surface area contributed by atoms with E-state index in [4.69, 9.17) is 4.42 Å². The number of carbonyl (C=O) groups excluding carboxylic acids is 2. The number of nitrogens with one attached hydrogen (secondary N) is 1. The van der Waals surface area contributed by atoms with Crippen LogP contribution in [0.2, 0.25) is 0 Å². The Labute approximate surface area is 151 Å². The molecule has 1 aliphatic heterocycles. The molecule has 1 N–H and O–H groups in total. The number of hydrogen-bond acceptors (Lipinski definition) is 5. The Kier molecular flexibility index (Phi) is 4.05. The number of hydrogen-bond donors (Lipinski definition) is 1. The van der Waals surface area contributed by atoms with E-state index in [9.17, 15) is 9.59 Å². The molecule has 1 aliphatic carbocycles. The summed E-state index contributed by atoms with van der Waals surface area (Å²) < 4.78 is 7.19. The van der Waals surface area contributed by atoms with Gasteiger partial charge in [-0.3, -0.25) is 14.3 Å². The van der Waals surface area contributed by atoms with Gasteiger partial charge in [-0.1, -0.05) is 0 Å². The standard InChI is InChI=1S/C18H23N5O3/c1-10-7-19-15(26-10)9-20-18(25)13-6-16(24)23(12-4-5-12)17(13)14-8-21-22(3)11(14)2/h7-8,12-13,17H,4-6,9H2,1-3H3,(H,20,25)/t13-,17-/m0/s1. The molecule has 0 spiro atoms. The summed E-state index contributed by atoms with van der Waals surface area (Å²) in [5, 5.41) is 7.19. The lowest BCUT2D eigenvalue weighted by Crippen LogP contribution is -2.36. The van der Waals surface area contributed by atoms with Crippen LogP contribution in [0.15, 0.2) is 16.8 Å². The van der Waals surface area contributed by atoms with Crippen molar-refractivity contribution in [1.29, 1.82) is 0 Å². The number of nitrogens with zero attached hydrogens (tertiary/aromatic N) is 4. The lowest BCUT2D eigenvalue weighted by molar-refractivity contribution is -0.129. The Hall–Kier alpha value is -2.64. The maximum absolute atomic E-state index is 12.9. The molecule has 2 amide bonds. The lowest BCUT2D eigenvalue weighted by atomic mass is 9.93. The van der Waals surface area contributed by atoms with Gasteiger partial charge in [0.1, 0.15) is 5.76 Å². The van der Waals surface area contributed by atoms with Crippen molar-refractivity contribution in [2.45, 2.75) is 51.7 Å². The van der Waals surface area contributed by atoms with Crippen molar-refractivity contribution in [2.24, 2.45) is 13.0 Å². The van der Waals surface area contributed by atoms with Crippen LogP contribution >= 0.6 is 0 Å². The first-order valence-electron chi connectivity index (χ1n) is 8.94. The van der Waals surface area contributed by atoms with Gasteiger partial charge in [-0.25, -0.2) is 4.98 Å². The van der Waals surface area contributed by atoms with Crippen LogP contribution in [0.4, 0.5) is 0 Å². The fourth-order valence-corrected chi connectivity index (χ4v) is 3.72. The van der Waals surface area contributed by atoms with E-state index >= 15 is 0 Å². The Morgan fingerprint density at radius 2 is 2.12 bits per heavy atom. The molecule has 1 saturated heterocycles. The second-order valence-corrected chi connectivity index (χ2v) is 7.18. The third kappa shape index (κ3) is 2.89. The third-order valence-corrected chi connectivity index (χ3v) is 5.32. The van der Waals surface area contributed by atoms with Crippen molar-refractivity contribution in [3.8, 4) is 0 Å². The molecular weight excluding hydrogens is 334 g/mol. The first-order chi connectivity index (χ1) is 12.5. The number of amides is 2. The fraction of sp³-hybridized carbons (Fsp3) is 0.556. The van der Waals surface area contributed by atoms with Crippen molar-refractivity contribution < 1.29 is 14.0 Å². The van der Waals surface area contributed by atoms with E-state index < -0.39 is 5.92 Å². The van der Waals surface area contributed by atoms with Crippen molar-refractivity contribution in [3.05, 3.63) is 35.3 Å². The second kappa shape index (κ2) is 6.26. The van der Waals surface area contributed by atoms with Gasteiger partial charge in [0, 0.05) is 30.8 Å². The summed E-state index contributed by atoms with van der Waals surface area (Å²) in [6.07, 6.45) is 5.64. The monoisotopic (exact) mass is 357 g/mol. The lowest BCUT2D eigenvalue weighted by Gasteiger charge is -2.27. The van der Waals surface area contributed by atoms with E-state index in [2.05, 4.69) is 15.4 Å². The minimum atomic E-state index is -0.429. The highest BCUT2D eigenvalue weighted by molar-refractivity contribution is 5.90. The topological polar surface area (TPSA) is 93.3 Å². The molecule has 0 bridgehead atoms. The van der Waals surface area contributed by atoms with Crippen LogP contribution in [0.3, 0.4) is 0 Å². The normalized spacial score (nSPS) is 22.9.